The Labute approximate surface area is 239 Å². The predicted octanol–water partition coefficient (Wildman–Crippen LogP) is 6.12. The zero-order valence-corrected chi connectivity index (χ0v) is 24.9. The first-order valence-corrected chi connectivity index (χ1v) is 13.1. The van der Waals surface area contributed by atoms with Crippen LogP contribution >= 0.6 is 17.0 Å². The van der Waals surface area contributed by atoms with Gasteiger partial charge < -0.3 is 24.0 Å². The van der Waals surface area contributed by atoms with Crippen molar-refractivity contribution in [3.05, 3.63) is 52.3 Å². The van der Waals surface area contributed by atoms with Gasteiger partial charge in [-0.15, -0.1) is 17.0 Å². The fourth-order valence-electron chi connectivity index (χ4n) is 4.86. The molecule has 4 rings (SSSR count). The summed E-state index contributed by atoms with van der Waals surface area (Å²) in [5.74, 6) is -0.225. The summed E-state index contributed by atoms with van der Waals surface area (Å²) in [7, 11) is 0. The van der Waals surface area contributed by atoms with Crippen LogP contribution in [-0.4, -0.2) is 60.4 Å². The number of ether oxygens (including phenoxy) is 3. The molecule has 0 atom stereocenters. The molecule has 2 aliphatic heterocycles. The summed E-state index contributed by atoms with van der Waals surface area (Å²) in [5, 5.41) is 8.60. The average Bonchev–Trinajstić information content (AvgIpc) is 3.50. The molecule has 1 N–H and O–H groups in total. The Balaban J connectivity index is 0.00000420. The van der Waals surface area contributed by atoms with Crippen LogP contribution in [0.2, 0.25) is 0 Å². The fourth-order valence-corrected chi connectivity index (χ4v) is 4.86. The lowest BCUT2D eigenvalue weighted by Gasteiger charge is -2.25. The van der Waals surface area contributed by atoms with E-state index >= 15 is 4.39 Å². The molecule has 0 unspecified atom stereocenters. The number of nitrogens with one attached hydrogen (secondary N) is 1. The maximum atomic E-state index is 15.4. The third-order valence-electron chi connectivity index (χ3n) is 6.78. The maximum absolute atomic E-state index is 15.4. The number of ketones is 1. The van der Waals surface area contributed by atoms with E-state index in [1.807, 2.05) is 20.8 Å². The van der Waals surface area contributed by atoms with Crippen molar-refractivity contribution in [2.24, 2.45) is 0 Å². The molecule has 1 amide bonds. The summed E-state index contributed by atoms with van der Waals surface area (Å²) >= 11 is 0. The molecular formula is C29H37BrFN3O5. The molecule has 39 heavy (non-hydrogen) atoms. The van der Waals surface area contributed by atoms with Crippen LogP contribution in [0, 0.1) is 11.2 Å². The maximum Gasteiger partial charge on any atom is 0.415 e. The van der Waals surface area contributed by atoms with Gasteiger partial charge in [0, 0.05) is 30.8 Å². The van der Waals surface area contributed by atoms with Crippen LogP contribution in [0.15, 0.2) is 24.3 Å². The number of fused-ring (bicyclic) bond motifs is 1. The van der Waals surface area contributed by atoms with Gasteiger partial charge in [-0.25, -0.2) is 9.18 Å². The van der Waals surface area contributed by atoms with Crippen LogP contribution in [0.4, 0.5) is 9.18 Å². The molecule has 2 aromatic rings. The lowest BCUT2D eigenvalue weighted by atomic mass is 9.85. The van der Waals surface area contributed by atoms with Crippen LogP contribution in [0.3, 0.4) is 0 Å². The molecule has 2 aromatic carbocycles. The van der Waals surface area contributed by atoms with Crippen molar-refractivity contribution in [3.63, 3.8) is 0 Å². The number of hydrogen-bond donors (Lipinski definition) is 1. The Morgan fingerprint density at radius 1 is 1.03 bits per heavy atom. The number of likely N-dealkylation sites (tertiary alicyclic amines) is 1. The molecule has 0 radical (unpaired) electrons. The van der Waals surface area contributed by atoms with E-state index in [4.69, 9.17) is 19.6 Å². The Kier molecular flexibility index (Phi) is 9.64. The Hall–Kier alpha value is -3.14. The zero-order chi connectivity index (χ0) is 27.6. The molecule has 0 aromatic heterocycles. The van der Waals surface area contributed by atoms with Crippen LogP contribution in [0.5, 0.6) is 17.2 Å². The molecule has 1 fully saturated rings. The number of carbonyl (C=O) groups is 2. The Bertz CT molecular complexity index is 1250. The molecule has 10 heteroatoms. The highest BCUT2D eigenvalue weighted by atomic mass is 79.9. The van der Waals surface area contributed by atoms with Gasteiger partial charge in [-0.05, 0) is 61.9 Å². The smallest absolute Gasteiger partial charge is 0.415 e. The van der Waals surface area contributed by atoms with Gasteiger partial charge >= 0.3 is 6.09 Å². The third kappa shape index (κ3) is 6.37. The number of Topliss-reactive ketones (excluding diaryl/α,β-unsaturated/α-hetero) is 1. The van der Waals surface area contributed by atoms with Crippen molar-refractivity contribution in [1.29, 1.82) is 5.41 Å². The van der Waals surface area contributed by atoms with E-state index in [1.165, 1.54) is 0 Å². The first-order valence-electron chi connectivity index (χ1n) is 13.1. The largest absolute Gasteiger partial charge is 0.490 e. The van der Waals surface area contributed by atoms with E-state index in [0.717, 1.165) is 18.4 Å². The summed E-state index contributed by atoms with van der Waals surface area (Å²) in [4.78, 5) is 29.2. The second kappa shape index (κ2) is 12.4. The summed E-state index contributed by atoms with van der Waals surface area (Å²) in [6, 6.07) is 6.74. The van der Waals surface area contributed by atoms with E-state index in [9.17, 15) is 9.59 Å². The highest BCUT2D eigenvalue weighted by molar-refractivity contribution is 8.93. The van der Waals surface area contributed by atoms with Crippen LogP contribution in [-0.2, 0) is 12.0 Å². The number of nitrogens with zero attached hydrogens (tertiary/aromatic N) is 2. The normalized spacial score (nSPS) is 14.7. The van der Waals surface area contributed by atoms with E-state index < -0.39 is 5.82 Å². The van der Waals surface area contributed by atoms with Crippen LogP contribution in [0.1, 0.15) is 74.5 Å². The van der Waals surface area contributed by atoms with Crippen LogP contribution < -0.4 is 14.2 Å². The van der Waals surface area contributed by atoms with Gasteiger partial charge in [0.25, 0.3) is 0 Å². The van der Waals surface area contributed by atoms with Crippen molar-refractivity contribution < 1.29 is 28.2 Å². The van der Waals surface area contributed by atoms with E-state index in [1.54, 1.807) is 47.9 Å². The molecule has 2 aliphatic rings. The molecule has 0 bridgehead atoms. The third-order valence-corrected chi connectivity index (χ3v) is 6.78. The highest BCUT2D eigenvalue weighted by Crippen LogP contribution is 2.39. The minimum atomic E-state index is -0.646. The standard InChI is InChI=1S/C29H36FN3O5.BrH/c1-6-36-23-15-19-16-33(27(31)24(19)25(30)26(23)37-7-2)17-21(34)18-10-11-22(20(14-18)29(3,4)5)38-28(35)32-12-8-9-13-32;/h10-11,14-15,31H,6-9,12-13,16-17H2,1-5H3;1H. The topological polar surface area (TPSA) is 92.2 Å². The number of amides is 1. The van der Waals surface area contributed by atoms with Gasteiger partial charge in [-0.3, -0.25) is 10.2 Å². The molecule has 2 heterocycles. The van der Waals surface area contributed by atoms with E-state index in [-0.39, 0.29) is 71.1 Å². The number of carbonyl (C=O) groups excluding carboxylic acids is 2. The molecule has 212 valence electrons. The fraction of sp³-hybridized carbons (Fsp3) is 0.483. The second-order valence-electron chi connectivity index (χ2n) is 10.6. The monoisotopic (exact) mass is 605 g/mol. The minimum absolute atomic E-state index is 0. The highest BCUT2D eigenvalue weighted by Gasteiger charge is 2.33. The van der Waals surface area contributed by atoms with Crippen LogP contribution in [0.25, 0.3) is 0 Å². The summed E-state index contributed by atoms with van der Waals surface area (Å²) < 4.78 is 32.1. The zero-order valence-electron chi connectivity index (χ0n) is 23.2. The molecule has 8 nitrogen and oxygen atoms in total. The Morgan fingerprint density at radius 3 is 2.31 bits per heavy atom. The van der Waals surface area contributed by atoms with Gasteiger partial charge in [0.15, 0.2) is 23.1 Å². The van der Waals surface area contributed by atoms with Crippen molar-refractivity contribution in [2.75, 3.05) is 32.8 Å². The molecule has 0 spiro atoms. The van der Waals surface area contributed by atoms with Gasteiger partial charge in [-0.2, -0.15) is 0 Å². The number of halogens is 2. The van der Waals surface area contributed by atoms with Crippen molar-refractivity contribution in [2.45, 2.75) is 59.4 Å². The van der Waals surface area contributed by atoms with Crippen molar-refractivity contribution >= 4 is 34.7 Å². The SMILES string of the molecule is Br.CCOc1cc2c(c(F)c1OCC)C(=N)N(CC(=O)c1ccc(OC(=O)N3CCCC3)c(C(C)(C)C)c1)C2. The summed E-state index contributed by atoms with van der Waals surface area (Å²) in [6.45, 7) is 11.6. The predicted molar refractivity (Wildman–Crippen MR) is 153 cm³/mol. The lowest BCUT2D eigenvalue weighted by molar-refractivity contribution is 0.0962. The quantitative estimate of drug-likeness (QED) is 0.365. The van der Waals surface area contributed by atoms with E-state index in [0.29, 0.717) is 42.3 Å². The molecule has 0 saturated carbocycles. The van der Waals surface area contributed by atoms with Gasteiger partial charge in [-0.1, -0.05) is 20.8 Å². The summed E-state index contributed by atoms with van der Waals surface area (Å²) in [6.07, 6.45) is 1.55. The summed E-state index contributed by atoms with van der Waals surface area (Å²) in [5.41, 5.74) is 1.49. The number of amidine groups is 1. The van der Waals surface area contributed by atoms with Gasteiger partial charge in [0.1, 0.15) is 11.6 Å². The van der Waals surface area contributed by atoms with Crippen molar-refractivity contribution in [1.82, 2.24) is 9.80 Å². The second-order valence-corrected chi connectivity index (χ2v) is 10.6. The number of hydrogen-bond acceptors (Lipinski definition) is 6. The first kappa shape index (κ1) is 30.4. The molecule has 0 aliphatic carbocycles. The van der Waals surface area contributed by atoms with E-state index in [2.05, 4.69) is 0 Å². The van der Waals surface area contributed by atoms with Gasteiger partial charge in [0.2, 0.25) is 0 Å². The minimum Gasteiger partial charge on any atom is -0.490 e. The molecular weight excluding hydrogens is 569 g/mol. The average molecular weight is 607 g/mol. The number of rotatable bonds is 8. The Morgan fingerprint density at radius 2 is 1.69 bits per heavy atom. The lowest BCUT2D eigenvalue weighted by Crippen LogP contribution is -2.32. The first-order chi connectivity index (χ1) is 18.0. The molecule has 1 saturated heterocycles. The number of benzene rings is 2. The van der Waals surface area contributed by atoms with Gasteiger partial charge in [0.05, 0.1) is 25.3 Å². The van der Waals surface area contributed by atoms with Crippen molar-refractivity contribution in [3.8, 4) is 17.2 Å².